The van der Waals surface area contributed by atoms with Gasteiger partial charge in [0, 0.05) is 6.04 Å². The van der Waals surface area contributed by atoms with Gasteiger partial charge in [0.2, 0.25) is 5.91 Å². The Morgan fingerprint density at radius 1 is 1.18 bits per heavy atom. The lowest BCUT2D eigenvalue weighted by Crippen LogP contribution is -2.58. The Bertz CT molecular complexity index is 455. The zero-order valence-electron chi connectivity index (χ0n) is 9.68. The molecule has 1 saturated heterocycles. The minimum atomic E-state index is -0.425. The van der Waals surface area contributed by atoms with Gasteiger partial charge >= 0.3 is 6.03 Å². The molecule has 1 aliphatic heterocycles. The van der Waals surface area contributed by atoms with Crippen LogP contribution in [0.1, 0.15) is 13.8 Å². The molecular weight excluding hydrogens is 220 g/mol. The zero-order chi connectivity index (χ0) is 12.6. The second-order valence-corrected chi connectivity index (χ2v) is 4.22. The number of phenols is 1. The van der Waals surface area contributed by atoms with Gasteiger partial charge in [0.05, 0.1) is 11.6 Å². The smallest absolute Gasteiger partial charge is 0.328 e. The van der Waals surface area contributed by atoms with E-state index in [1.165, 1.54) is 24.3 Å². The average Bonchev–Trinajstić information content (AvgIpc) is 2.29. The van der Waals surface area contributed by atoms with Gasteiger partial charge in [-0.05, 0) is 31.2 Å². The summed E-state index contributed by atoms with van der Waals surface area (Å²) in [5.74, 6) is -0.395. The number of hydrogen-bond donors (Lipinski definition) is 2. The third-order valence-corrected chi connectivity index (χ3v) is 3.02. The quantitative estimate of drug-likeness (QED) is 0.773. The first-order valence-electron chi connectivity index (χ1n) is 5.44. The van der Waals surface area contributed by atoms with Crippen molar-refractivity contribution in [3.05, 3.63) is 24.3 Å². The molecule has 5 heteroatoms. The largest absolute Gasteiger partial charge is 0.508 e. The van der Waals surface area contributed by atoms with Crippen LogP contribution in [0.2, 0.25) is 0 Å². The number of amides is 3. The van der Waals surface area contributed by atoms with Crippen LogP contribution in [0.25, 0.3) is 0 Å². The predicted octanol–water partition coefficient (Wildman–Crippen LogP) is 1.47. The first kappa shape index (κ1) is 11.4. The highest BCUT2D eigenvalue weighted by atomic mass is 16.3. The lowest BCUT2D eigenvalue weighted by Gasteiger charge is -2.34. The van der Waals surface area contributed by atoms with Gasteiger partial charge in [-0.1, -0.05) is 6.92 Å². The fourth-order valence-electron chi connectivity index (χ4n) is 1.75. The Morgan fingerprint density at radius 2 is 1.76 bits per heavy atom. The average molecular weight is 234 g/mol. The van der Waals surface area contributed by atoms with Crippen LogP contribution in [-0.4, -0.2) is 23.1 Å². The Kier molecular flexibility index (Phi) is 2.75. The van der Waals surface area contributed by atoms with E-state index < -0.39 is 6.03 Å². The molecule has 1 fully saturated rings. The van der Waals surface area contributed by atoms with Gasteiger partial charge in [-0.25, -0.2) is 9.69 Å². The van der Waals surface area contributed by atoms with Crippen LogP contribution in [0.15, 0.2) is 24.3 Å². The number of imide groups is 1. The molecular formula is C12H14N2O3. The van der Waals surface area contributed by atoms with Crippen molar-refractivity contribution in [2.45, 2.75) is 19.9 Å². The summed E-state index contributed by atoms with van der Waals surface area (Å²) >= 11 is 0. The van der Waals surface area contributed by atoms with Crippen LogP contribution in [0, 0.1) is 5.92 Å². The van der Waals surface area contributed by atoms with E-state index in [-0.39, 0.29) is 23.6 Å². The standard InChI is InChI=1S/C12H14N2O3/c1-7-8(2)13-12(17)14(11(7)16)9-3-5-10(15)6-4-9/h3-8,15H,1-2H3,(H,13,17). The molecule has 0 radical (unpaired) electrons. The van der Waals surface area contributed by atoms with Crippen molar-refractivity contribution in [2.24, 2.45) is 5.92 Å². The maximum absolute atomic E-state index is 12.0. The fraction of sp³-hybridized carbons (Fsp3) is 0.333. The van der Waals surface area contributed by atoms with Crippen molar-refractivity contribution in [2.75, 3.05) is 4.90 Å². The van der Waals surface area contributed by atoms with Gasteiger partial charge in [-0.2, -0.15) is 0 Å². The molecule has 0 spiro atoms. The van der Waals surface area contributed by atoms with E-state index in [2.05, 4.69) is 5.32 Å². The second-order valence-electron chi connectivity index (χ2n) is 4.22. The van der Waals surface area contributed by atoms with E-state index >= 15 is 0 Å². The lowest BCUT2D eigenvalue weighted by atomic mass is 9.99. The number of aromatic hydroxyl groups is 1. The van der Waals surface area contributed by atoms with Gasteiger partial charge in [0.15, 0.2) is 0 Å². The number of anilines is 1. The minimum Gasteiger partial charge on any atom is -0.508 e. The summed E-state index contributed by atoms with van der Waals surface area (Å²) in [7, 11) is 0. The first-order chi connectivity index (χ1) is 8.00. The number of rotatable bonds is 1. The summed E-state index contributed by atoms with van der Waals surface area (Å²) in [6.45, 7) is 3.58. The van der Waals surface area contributed by atoms with E-state index in [0.29, 0.717) is 5.69 Å². The molecule has 2 atom stereocenters. The van der Waals surface area contributed by atoms with Gasteiger partial charge in [-0.15, -0.1) is 0 Å². The monoisotopic (exact) mass is 234 g/mol. The number of hydrogen-bond acceptors (Lipinski definition) is 3. The zero-order valence-corrected chi connectivity index (χ0v) is 9.68. The topological polar surface area (TPSA) is 69.6 Å². The normalized spacial score (nSPS) is 24.7. The first-order valence-corrected chi connectivity index (χ1v) is 5.44. The van der Waals surface area contributed by atoms with Crippen LogP contribution < -0.4 is 10.2 Å². The number of nitrogens with one attached hydrogen (secondary N) is 1. The maximum Gasteiger partial charge on any atom is 0.328 e. The maximum atomic E-state index is 12.0. The van der Waals surface area contributed by atoms with E-state index in [0.717, 1.165) is 4.90 Å². The summed E-state index contributed by atoms with van der Waals surface area (Å²) in [4.78, 5) is 24.9. The van der Waals surface area contributed by atoms with Crippen molar-refractivity contribution in [1.82, 2.24) is 5.32 Å². The predicted molar refractivity (Wildman–Crippen MR) is 62.8 cm³/mol. The highest BCUT2D eigenvalue weighted by Crippen LogP contribution is 2.24. The summed E-state index contributed by atoms with van der Waals surface area (Å²) in [6, 6.07) is 5.37. The Balaban J connectivity index is 2.34. The van der Waals surface area contributed by atoms with E-state index in [9.17, 15) is 14.7 Å². The molecule has 3 amide bonds. The third kappa shape index (κ3) is 1.95. The van der Waals surface area contributed by atoms with Crippen LogP contribution in [0.4, 0.5) is 10.5 Å². The fourth-order valence-corrected chi connectivity index (χ4v) is 1.75. The summed E-state index contributed by atoms with van der Waals surface area (Å²) in [6.07, 6.45) is 0. The number of carbonyl (C=O) groups is 2. The molecule has 0 aromatic heterocycles. The summed E-state index contributed by atoms with van der Waals surface area (Å²) in [5.41, 5.74) is 0.462. The molecule has 1 heterocycles. The molecule has 2 N–H and O–H groups in total. The highest BCUT2D eigenvalue weighted by molar-refractivity contribution is 6.16. The van der Waals surface area contributed by atoms with Crippen molar-refractivity contribution < 1.29 is 14.7 Å². The van der Waals surface area contributed by atoms with Crippen molar-refractivity contribution in [3.8, 4) is 5.75 Å². The SMILES string of the molecule is CC1NC(=O)N(c2ccc(O)cc2)C(=O)C1C. The molecule has 5 nitrogen and oxygen atoms in total. The molecule has 90 valence electrons. The van der Waals surface area contributed by atoms with Gasteiger partial charge in [0.25, 0.3) is 0 Å². The van der Waals surface area contributed by atoms with E-state index in [4.69, 9.17) is 0 Å². The van der Waals surface area contributed by atoms with Gasteiger partial charge < -0.3 is 10.4 Å². The molecule has 0 bridgehead atoms. The van der Waals surface area contributed by atoms with Crippen LogP contribution >= 0.6 is 0 Å². The minimum absolute atomic E-state index is 0.0973. The molecule has 2 unspecified atom stereocenters. The Morgan fingerprint density at radius 3 is 2.35 bits per heavy atom. The number of urea groups is 1. The van der Waals surface area contributed by atoms with Crippen molar-refractivity contribution in [1.29, 1.82) is 0 Å². The Hall–Kier alpha value is -2.04. The highest BCUT2D eigenvalue weighted by Gasteiger charge is 2.36. The lowest BCUT2D eigenvalue weighted by molar-refractivity contribution is -0.122. The second kappa shape index (κ2) is 4.08. The van der Waals surface area contributed by atoms with E-state index in [1.54, 1.807) is 13.8 Å². The van der Waals surface area contributed by atoms with Crippen LogP contribution in [0.5, 0.6) is 5.75 Å². The van der Waals surface area contributed by atoms with Crippen molar-refractivity contribution >= 4 is 17.6 Å². The number of benzene rings is 1. The molecule has 0 aliphatic carbocycles. The number of nitrogens with zero attached hydrogens (tertiary/aromatic N) is 1. The molecule has 0 saturated carbocycles. The molecule has 1 aliphatic rings. The van der Waals surface area contributed by atoms with Crippen LogP contribution in [0.3, 0.4) is 0 Å². The third-order valence-electron chi connectivity index (χ3n) is 3.02. The molecule has 1 aromatic carbocycles. The Labute approximate surface area is 99.0 Å². The van der Waals surface area contributed by atoms with Crippen LogP contribution in [-0.2, 0) is 4.79 Å². The van der Waals surface area contributed by atoms with E-state index in [1.807, 2.05) is 0 Å². The van der Waals surface area contributed by atoms with Crippen molar-refractivity contribution in [3.63, 3.8) is 0 Å². The van der Waals surface area contributed by atoms with Gasteiger partial charge in [-0.3, -0.25) is 4.79 Å². The van der Waals surface area contributed by atoms with Gasteiger partial charge in [0.1, 0.15) is 5.75 Å². The summed E-state index contributed by atoms with van der Waals surface area (Å²) in [5, 5.41) is 11.9. The molecule has 2 rings (SSSR count). The number of phenolic OH excluding ortho intramolecular Hbond substituents is 1. The number of carbonyl (C=O) groups excluding carboxylic acids is 2. The molecule has 17 heavy (non-hydrogen) atoms. The molecule has 1 aromatic rings. The summed E-state index contributed by atoms with van der Waals surface area (Å²) < 4.78 is 0.